The Bertz CT molecular complexity index is 765. The summed E-state index contributed by atoms with van der Waals surface area (Å²) in [6.07, 6.45) is 1.27. The van der Waals surface area contributed by atoms with E-state index in [1.807, 2.05) is 30.3 Å². The summed E-state index contributed by atoms with van der Waals surface area (Å²) in [7, 11) is 1.48. The number of benzene rings is 2. The Morgan fingerprint density at radius 3 is 2.68 bits per heavy atom. The van der Waals surface area contributed by atoms with Crippen LogP contribution in [0.3, 0.4) is 0 Å². The van der Waals surface area contributed by atoms with E-state index in [9.17, 15) is 9.59 Å². The first-order chi connectivity index (χ1) is 12.1. The summed E-state index contributed by atoms with van der Waals surface area (Å²) in [6, 6.07) is 14.4. The monoisotopic (exact) mass is 377 g/mol. The zero-order valence-corrected chi connectivity index (χ0v) is 15.0. The second-order valence-electron chi connectivity index (χ2n) is 4.73. The number of amides is 1. The summed E-state index contributed by atoms with van der Waals surface area (Å²) in [5, 5.41) is 4.64. The Morgan fingerprint density at radius 2 is 1.96 bits per heavy atom. The minimum Gasteiger partial charge on any atom is -0.495 e. The second-order valence-corrected chi connectivity index (χ2v) is 6.15. The zero-order chi connectivity index (χ0) is 18.1. The molecule has 5 nitrogen and oxygen atoms in total. The highest BCUT2D eigenvalue weighted by Gasteiger charge is 2.10. The van der Waals surface area contributed by atoms with E-state index in [-0.39, 0.29) is 0 Å². The summed E-state index contributed by atoms with van der Waals surface area (Å²) in [5.74, 6) is -0.627. The van der Waals surface area contributed by atoms with Crippen LogP contribution >= 0.6 is 23.4 Å². The van der Waals surface area contributed by atoms with E-state index in [1.165, 1.54) is 24.9 Å². The van der Waals surface area contributed by atoms with Gasteiger partial charge in [-0.05, 0) is 35.7 Å². The number of halogens is 1. The predicted octanol–water partition coefficient (Wildman–Crippen LogP) is 4.14. The molecule has 0 unspecified atom stereocenters. The molecule has 130 valence electrons. The third kappa shape index (κ3) is 6.52. The van der Waals surface area contributed by atoms with Gasteiger partial charge in [0.25, 0.3) is 5.91 Å². The van der Waals surface area contributed by atoms with Crippen molar-refractivity contribution in [2.75, 3.05) is 19.0 Å². The molecule has 2 aromatic rings. The molecule has 0 aliphatic heterocycles. The van der Waals surface area contributed by atoms with Gasteiger partial charge in [0.15, 0.2) is 6.61 Å². The number of carbonyl (C=O) groups is 2. The first kappa shape index (κ1) is 18.9. The second kappa shape index (κ2) is 9.76. The minimum atomic E-state index is -0.600. The standard InChI is InChI=1S/C18H16ClNO4S/c1-23-16-8-7-13(19)11-15(16)20-17(21)12-24-18(22)9-10-25-14-5-3-2-4-6-14/h2-11H,12H2,1H3,(H,20,21)/b10-9+. The van der Waals surface area contributed by atoms with Crippen LogP contribution in [0.25, 0.3) is 0 Å². The van der Waals surface area contributed by atoms with Crippen LogP contribution in [0.4, 0.5) is 5.69 Å². The fourth-order valence-electron chi connectivity index (χ4n) is 1.82. The average molecular weight is 378 g/mol. The zero-order valence-electron chi connectivity index (χ0n) is 13.4. The van der Waals surface area contributed by atoms with Crippen molar-refractivity contribution < 1.29 is 19.1 Å². The molecule has 0 aliphatic rings. The molecule has 0 aromatic heterocycles. The summed E-state index contributed by atoms with van der Waals surface area (Å²) >= 11 is 7.27. The number of hydrogen-bond acceptors (Lipinski definition) is 5. The molecule has 0 saturated carbocycles. The van der Waals surface area contributed by atoms with E-state index in [4.69, 9.17) is 21.1 Å². The molecule has 0 heterocycles. The van der Waals surface area contributed by atoms with Gasteiger partial charge in [0.05, 0.1) is 12.8 Å². The molecule has 7 heteroatoms. The molecule has 2 rings (SSSR count). The van der Waals surface area contributed by atoms with Gasteiger partial charge in [-0.2, -0.15) is 0 Å². The van der Waals surface area contributed by atoms with Crippen LogP contribution in [-0.4, -0.2) is 25.6 Å². The maximum Gasteiger partial charge on any atom is 0.331 e. The fourth-order valence-corrected chi connectivity index (χ4v) is 2.64. The number of ether oxygens (including phenoxy) is 2. The number of esters is 1. The number of nitrogens with one attached hydrogen (secondary N) is 1. The normalized spacial score (nSPS) is 10.5. The molecule has 0 bridgehead atoms. The van der Waals surface area contributed by atoms with E-state index in [1.54, 1.807) is 23.6 Å². The quantitative estimate of drug-likeness (QED) is 0.446. The number of anilines is 1. The van der Waals surface area contributed by atoms with Crippen LogP contribution in [-0.2, 0) is 14.3 Å². The molecule has 25 heavy (non-hydrogen) atoms. The lowest BCUT2D eigenvalue weighted by molar-refractivity contribution is -0.142. The van der Waals surface area contributed by atoms with Crippen molar-refractivity contribution in [1.29, 1.82) is 0 Å². The van der Waals surface area contributed by atoms with Gasteiger partial charge in [0, 0.05) is 16.0 Å². The molecular weight excluding hydrogens is 362 g/mol. The third-order valence-corrected chi connectivity index (χ3v) is 3.98. The lowest BCUT2D eigenvalue weighted by atomic mass is 10.3. The summed E-state index contributed by atoms with van der Waals surface area (Å²) in [6.45, 7) is -0.408. The molecule has 0 saturated heterocycles. The Morgan fingerprint density at radius 1 is 1.20 bits per heavy atom. The highest BCUT2D eigenvalue weighted by Crippen LogP contribution is 2.27. The summed E-state index contributed by atoms with van der Waals surface area (Å²) in [5.41, 5.74) is 0.409. The summed E-state index contributed by atoms with van der Waals surface area (Å²) in [4.78, 5) is 24.5. The van der Waals surface area contributed by atoms with E-state index < -0.39 is 18.5 Å². The van der Waals surface area contributed by atoms with Crippen molar-refractivity contribution in [2.24, 2.45) is 0 Å². The Balaban J connectivity index is 1.79. The van der Waals surface area contributed by atoms with Crippen molar-refractivity contribution in [3.63, 3.8) is 0 Å². The Kier molecular flexibility index (Phi) is 7.37. The average Bonchev–Trinajstić information content (AvgIpc) is 2.61. The molecule has 1 N–H and O–H groups in total. The van der Waals surface area contributed by atoms with Crippen molar-refractivity contribution in [3.05, 3.63) is 65.0 Å². The number of hydrogen-bond donors (Lipinski definition) is 1. The van der Waals surface area contributed by atoms with Gasteiger partial charge in [0.2, 0.25) is 0 Å². The van der Waals surface area contributed by atoms with Gasteiger partial charge in [-0.3, -0.25) is 4.79 Å². The molecule has 0 spiro atoms. The van der Waals surface area contributed by atoms with Gasteiger partial charge in [-0.15, -0.1) is 0 Å². The number of methoxy groups -OCH3 is 1. The van der Waals surface area contributed by atoms with E-state index in [2.05, 4.69) is 5.32 Å². The minimum absolute atomic E-state index is 0.408. The van der Waals surface area contributed by atoms with Crippen molar-refractivity contribution in [3.8, 4) is 5.75 Å². The van der Waals surface area contributed by atoms with Gasteiger partial charge in [0.1, 0.15) is 5.75 Å². The fraction of sp³-hybridized carbons (Fsp3) is 0.111. The maximum atomic E-state index is 11.9. The smallest absolute Gasteiger partial charge is 0.331 e. The van der Waals surface area contributed by atoms with Crippen LogP contribution in [0.1, 0.15) is 0 Å². The topological polar surface area (TPSA) is 64.6 Å². The van der Waals surface area contributed by atoms with E-state index in [0.717, 1.165) is 4.90 Å². The lowest BCUT2D eigenvalue weighted by Crippen LogP contribution is -2.20. The van der Waals surface area contributed by atoms with Crippen LogP contribution in [0.5, 0.6) is 5.75 Å². The molecule has 0 radical (unpaired) electrons. The largest absolute Gasteiger partial charge is 0.495 e. The molecular formula is C18H16ClNO4S. The van der Waals surface area contributed by atoms with Gasteiger partial charge in [-0.25, -0.2) is 4.79 Å². The first-order valence-corrected chi connectivity index (χ1v) is 8.52. The third-order valence-electron chi connectivity index (χ3n) is 2.93. The Hall–Kier alpha value is -2.44. The molecule has 0 fully saturated rings. The number of carbonyl (C=O) groups excluding carboxylic acids is 2. The Labute approximate surface area is 155 Å². The maximum absolute atomic E-state index is 11.9. The molecule has 1 amide bonds. The SMILES string of the molecule is COc1ccc(Cl)cc1NC(=O)COC(=O)/C=C/Sc1ccccc1. The summed E-state index contributed by atoms with van der Waals surface area (Å²) < 4.78 is 10.0. The van der Waals surface area contributed by atoms with Crippen molar-refractivity contribution in [2.45, 2.75) is 4.90 Å². The number of rotatable bonds is 7. The van der Waals surface area contributed by atoms with Gasteiger partial charge in [-0.1, -0.05) is 41.6 Å². The van der Waals surface area contributed by atoms with Crippen molar-refractivity contribution >= 4 is 40.9 Å². The number of thioether (sulfide) groups is 1. The highest BCUT2D eigenvalue weighted by atomic mass is 35.5. The lowest BCUT2D eigenvalue weighted by Gasteiger charge is -2.10. The highest BCUT2D eigenvalue weighted by molar-refractivity contribution is 8.02. The molecule has 0 atom stereocenters. The van der Waals surface area contributed by atoms with E-state index >= 15 is 0 Å². The van der Waals surface area contributed by atoms with Gasteiger partial charge < -0.3 is 14.8 Å². The molecule has 2 aromatic carbocycles. The van der Waals surface area contributed by atoms with E-state index in [0.29, 0.717) is 16.5 Å². The van der Waals surface area contributed by atoms with Crippen LogP contribution in [0.15, 0.2) is 64.9 Å². The predicted molar refractivity (Wildman–Crippen MR) is 99.0 cm³/mol. The van der Waals surface area contributed by atoms with Crippen LogP contribution in [0.2, 0.25) is 5.02 Å². The molecule has 0 aliphatic carbocycles. The van der Waals surface area contributed by atoms with Crippen LogP contribution < -0.4 is 10.1 Å². The van der Waals surface area contributed by atoms with Crippen LogP contribution in [0, 0.1) is 0 Å². The first-order valence-electron chi connectivity index (χ1n) is 7.27. The van der Waals surface area contributed by atoms with Gasteiger partial charge >= 0.3 is 5.97 Å². The van der Waals surface area contributed by atoms with Crippen molar-refractivity contribution in [1.82, 2.24) is 0 Å².